The summed E-state index contributed by atoms with van der Waals surface area (Å²) < 4.78 is 59.7. The molecule has 1 N–H and O–H groups in total. The van der Waals surface area contributed by atoms with Crippen LogP contribution in [-0.4, -0.2) is 18.4 Å². The first-order valence-electron chi connectivity index (χ1n) is 7.10. The molecular weight excluding hydrogens is 324 g/mol. The van der Waals surface area contributed by atoms with Crippen LogP contribution in [0.2, 0.25) is 0 Å². The molecule has 0 bridgehead atoms. The molecule has 24 heavy (non-hydrogen) atoms. The van der Waals surface area contributed by atoms with Crippen molar-refractivity contribution in [2.45, 2.75) is 19.2 Å². The molecule has 2 aromatic rings. The number of aryl methyl sites for hydroxylation is 1. The second kappa shape index (κ2) is 7.05. The summed E-state index contributed by atoms with van der Waals surface area (Å²) in [7, 11) is 1.29. The third-order valence-electron chi connectivity index (χ3n) is 3.54. The quantitative estimate of drug-likeness (QED) is 0.796. The third-order valence-corrected chi connectivity index (χ3v) is 3.54. The maximum atomic E-state index is 14.6. The fourth-order valence-corrected chi connectivity index (χ4v) is 2.32. The molecular formula is C18H16F4O2. The van der Waals surface area contributed by atoms with Crippen molar-refractivity contribution in [2.75, 3.05) is 7.11 Å². The van der Waals surface area contributed by atoms with Crippen LogP contribution in [0.25, 0.3) is 5.57 Å². The fourth-order valence-electron chi connectivity index (χ4n) is 2.32. The number of aliphatic hydroxyl groups excluding tert-OH is 1. The molecule has 6 heteroatoms. The van der Waals surface area contributed by atoms with Crippen molar-refractivity contribution in [1.82, 2.24) is 0 Å². The Morgan fingerprint density at radius 1 is 1.04 bits per heavy atom. The van der Waals surface area contributed by atoms with Gasteiger partial charge in [0.1, 0.15) is 17.7 Å². The van der Waals surface area contributed by atoms with E-state index in [0.29, 0.717) is 0 Å². The highest BCUT2D eigenvalue weighted by Crippen LogP contribution is 2.42. The van der Waals surface area contributed by atoms with Crippen LogP contribution in [-0.2, 0) is 0 Å². The number of halogens is 4. The van der Waals surface area contributed by atoms with Gasteiger partial charge in [0.25, 0.3) is 0 Å². The Labute approximate surface area is 137 Å². The second-order valence-corrected chi connectivity index (χ2v) is 5.23. The average Bonchev–Trinajstić information content (AvgIpc) is 2.54. The summed E-state index contributed by atoms with van der Waals surface area (Å²) in [6.45, 7) is 1.71. The van der Waals surface area contributed by atoms with E-state index in [1.54, 1.807) is 13.0 Å². The number of benzene rings is 2. The first-order valence-corrected chi connectivity index (χ1v) is 7.10. The number of allylic oxidation sites excluding steroid dienone is 1. The monoisotopic (exact) mass is 340 g/mol. The molecule has 0 amide bonds. The van der Waals surface area contributed by atoms with Crippen LogP contribution in [0.15, 0.2) is 54.4 Å². The SMILES string of the molecule is COc1ccccc1C(O)/C(F)=C(/c1ccc(C)cc1)C(F)(F)F. The first-order chi connectivity index (χ1) is 11.3. The molecule has 0 aliphatic rings. The van der Waals surface area contributed by atoms with Crippen molar-refractivity contribution >= 4 is 5.57 Å². The van der Waals surface area contributed by atoms with Crippen LogP contribution >= 0.6 is 0 Å². The third kappa shape index (κ3) is 3.76. The minimum absolute atomic E-state index is 0.0774. The number of para-hydroxylation sites is 1. The summed E-state index contributed by atoms with van der Waals surface area (Å²) in [5.74, 6) is -1.57. The zero-order valence-corrected chi connectivity index (χ0v) is 13.1. The van der Waals surface area contributed by atoms with Gasteiger partial charge in [0.15, 0.2) is 0 Å². The van der Waals surface area contributed by atoms with Gasteiger partial charge in [0.05, 0.1) is 12.7 Å². The Bertz CT molecular complexity index is 733. The smallest absolute Gasteiger partial charge is 0.419 e. The topological polar surface area (TPSA) is 29.5 Å². The van der Waals surface area contributed by atoms with E-state index in [-0.39, 0.29) is 16.9 Å². The largest absolute Gasteiger partial charge is 0.496 e. The standard InChI is InChI=1S/C18H16F4O2/c1-11-7-9-12(10-8-11)15(18(20,21)22)16(19)17(23)13-5-3-4-6-14(13)24-2/h3-10,17,23H,1-2H3/b16-15+. The van der Waals surface area contributed by atoms with E-state index in [1.165, 1.54) is 49.6 Å². The van der Waals surface area contributed by atoms with Gasteiger partial charge < -0.3 is 9.84 Å². The number of aliphatic hydroxyl groups is 1. The van der Waals surface area contributed by atoms with Gasteiger partial charge in [-0.05, 0) is 18.6 Å². The Hall–Kier alpha value is -2.34. The van der Waals surface area contributed by atoms with Crippen LogP contribution in [0, 0.1) is 6.92 Å². The van der Waals surface area contributed by atoms with E-state index in [1.807, 2.05) is 0 Å². The molecule has 0 aliphatic heterocycles. The van der Waals surface area contributed by atoms with E-state index in [2.05, 4.69) is 0 Å². The molecule has 0 heterocycles. The van der Waals surface area contributed by atoms with Gasteiger partial charge in [-0.15, -0.1) is 0 Å². The summed E-state index contributed by atoms with van der Waals surface area (Å²) in [5.41, 5.74) is -1.18. The van der Waals surface area contributed by atoms with Gasteiger partial charge in [0.2, 0.25) is 0 Å². The summed E-state index contributed by atoms with van der Waals surface area (Å²) >= 11 is 0. The van der Waals surface area contributed by atoms with Crippen molar-refractivity contribution in [1.29, 1.82) is 0 Å². The maximum Gasteiger partial charge on any atom is 0.419 e. The number of hydrogen-bond donors (Lipinski definition) is 1. The van der Waals surface area contributed by atoms with Gasteiger partial charge in [-0.3, -0.25) is 0 Å². The summed E-state index contributed by atoms with van der Waals surface area (Å²) in [6.07, 6.45) is -7.04. The van der Waals surface area contributed by atoms with E-state index in [0.717, 1.165) is 5.56 Å². The van der Waals surface area contributed by atoms with E-state index < -0.39 is 23.7 Å². The normalized spacial score (nSPS) is 14.1. The Morgan fingerprint density at radius 3 is 2.17 bits per heavy atom. The van der Waals surface area contributed by atoms with Crippen molar-refractivity contribution in [3.8, 4) is 5.75 Å². The Balaban J connectivity index is 2.59. The first kappa shape index (κ1) is 18.0. The average molecular weight is 340 g/mol. The lowest BCUT2D eigenvalue weighted by molar-refractivity contribution is -0.0711. The van der Waals surface area contributed by atoms with Crippen LogP contribution in [0.4, 0.5) is 17.6 Å². The Morgan fingerprint density at radius 2 is 1.62 bits per heavy atom. The molecule has 2 aromatic carbocycles. The highest BCUT2D eigenvalue weighted by molar-refractivity contribution is 5.72. The van der Waals surface area contributed by atoms with Gasteiger partial charge in [-0.2, -0.15) is 13.2 Å². The van der Waals surface area contributed by atoms with E-state index in [9.17, 15) is 22.7 Å². The van der Waals surface area contributed by atoms with Crippen molar-refractivity contribution in [2.24, 2.45) is 0 Å². The van der Waals surface area contributed by atoms with Crippen molar-refractivity contribution in [3.05, 3.63) is 71.0 Å². The molecule has 0 saturated heterocycles. The maximum absolute atomic E-state index is 14.6. The number of ether oxygens (including phenoxy) is 1. The fraction of sp³-hybridized carbons (Fsp3) is 0.222. The molecule has 0 aliphatic carbocycles. The molecule has 0 radical (unpaired) electrons. The predicted molar refractivity (Wildman–Crippen MR) is 83.2 cm³/mol. The molecule has 2 rings (SSSR count). The molecule has 2 nitrogen and oxygen atoms in total. The minimum atomic E-state index is -4.96. The zero-order valence-electron chi connectivity index (χ0n) is 13.1. The number of rotatable bonds is 4. The number of alkyl halides is 3. The predicted octanol–water partition coefficient (Wildman–Crippen LogP) is 4.98. The van der Waals surface area contributed by atoms with Gasteiger partial charge in [-0.1, -0.05) is 48.0 Å². The molecule has 0 fully saturated rings. The van der Waals surface area contributed by atoms with E-state index >= 15 is 0 Å². The minimum Gasteiger partial charge on any atom is -0.496 e. The second-order valence-electron chi connectivity index (χ2n) is 5.23. The highest BCUT2D eigenvalue weighted by Gasteiger charge is 2.40. The lowest BCUT2D eigenvalue weighted by Crippen LogP contribution is -2.15. The van der Waals surface area contributed by atoms with Gasteiger partial charge >= 0.3 is 6.18 Å². The highest BCUT2D eigenvalue weighted by atomic mass is 19.4. The molecule has 0 aromatic heterocycles. The number of methoxy groups -OCH3 is 1. The van der Waals surface area contributed by atoms with Crippen molar-refractivity contribution in [3.63, 3.8) is 0 Å². The van der Waals surface area contributed by atoms with Crippen LogP contribution < -0.4 is 4.74 Å². The summed E-state index contributed by atoms with van der Waals surface area (Å²) in [4.78, 5) is 0. The molecule has 1 atom stereocenters. The van der Waals surface area contributed by atoms with Gasteiger partial charge in [0, 0.05) is 5.56 Å². The molecule has 0 spiro atoms. The lowest BCUT2D eigenvalue weighted by atomic mass is 9.98. The Kier molecular flexibility index (Phi) is 5.29. The van der Waals surface area contributed by atoms with Crippen LogP contribution in [0.3, 0.4) is 0 Å². The summed E-state index contributed by atoms with van der Waals surface area (Å²) in [6, 6.07) is 11.0. The summed E-state index contributed by atoms with van der Waals surface area (Å²) in [5, 5.41) is 10.1. The van der Waals surface area contributed by atoms with Crippen molar-refractivity contribution < 1.29 is 27.4 Å². The number of hydrogen-bond acceptors (Lipinski definition) is 2. The van der Waals surface area contributed by atoms with Crippen LogP contribution in [0.5, 0.6) is 5.75 Å². The zero-order chi connectivity index (χ0) is 17.9. The lowest BCUT2D eigenvalue weighted by Gasteiger charge is -2.19. The van der Waals surface area contributed by atoms with Crippen LogP contribution in [0.1, 0.15) is 22.8 Å². The molecule has 0 saturated carbocycles. The van der Waals surface area contributed by atoms with Gasteiger partial charge in [-0.25, -0.2) is 4.39 Å². The molecule has 128 valence electrons. The molecule has 1 unspecified atom stereocenters. The van der Waals surface area contributed by atoms with E-state index in [4.69, 9.17) is 4.74 Å².